The Hall–Kier alpha value is -2.20. The van der Waals surface area contributed by atoms with Crippen LogP contribution in [0.4, 0.5) is 5.69 Å². The Labute approximate surface area is 184 Å². The van der Waals surface area contributed by atoms with E-state index in [4.69, 9.17) is 21.1 Å². The monoisotopic (exact) mass is 429 g/mol. The highest BCUT2D eigenvalue weighted by Crippen LogP contribution is 2.27. The topological polar surface area (TPSA) is 47.6 Å². The zero-order valence-electron chi connectivity index (χ0n) is 18.2. The normalized spacial score (nSPS) is 14.5. The van der Waals surface area contributed by atoms with Crippen LogP contribution in [-0.2, 0) is 22.6 Å². The smallest absolute Gasteiger partial charge is 0.310 e. The summed E-state index contributed by atoms with van der Waals surface area (Å²) in [4.78, 5) is 12.2. The molecule has 0 radical (unpaired) electrons. The fourth-order valence-electron chi connectivity index (χ4n) is 3.80. The Morgan fingerprint density at radius 1 is 1.13 bits per heavy atom. The number of rotatable bonds is 8. The molecule has 2 aromatic rings. The molecule has 1 saturated carbocycles. The van der Waals surface area contributed by atoms with E-state index < -0.39 is 5.60 Å². The molecule has 0 saturated heterocycles. The summed E-state index contributed by atoms with van der Waals surface area (Å²) in [6.07, 6.45) is 5.46. The van der Waals surface area contributed by atoms with Gasteiger partial charge in [-0.15, -0.1) is 0 Å². The summed E-state index contributed by atoms with van der Waals surface area (Å²) in [5.41, 5.74) is 2.32. The maximum absolute atomic E-state index is 12.2. The second-order valence-electron chi connectivity index (χ2n) is 9.04. The zero-order valence-corrected chi connectivity index (χ0v) is 18.9. The number of anilines is 1. The van der Waals surface area contributed by atoms with Crippen molar-refractivity contribution in [3.8, 4) is 5.75 Å². The Balaban J connectivity index is 1.61. The lowest BCUT2D eigenvalue weighted by molar-refractivity contribution is -0.153. The third-order valence-corrected chi connectivity index (χ3v) is 5.37. The van der Waals surface area contributed by atoms with E-state index >= 15 is 0 Å². The van der Waals surface area contributed by atoms with Gasteiger partial charge in [0.1, 0.15) is 18.0 Å². The van der Waals surface area contributed by atoms with Gasteiger partial charge in [-0.3, -0.25) is 4.79 Å². The lowest BCUT2D eigenvalue weighted by Crippen LogP contribution is -2.25. The molecule has 5 heteroatoms. The fraction of sp³-hybridized carbons (Fsp3) is 0.480. The third kappa shape index (κ3) is 7.24. The molecule has 1 fully saturated rings. The van der Waals surface area contributed by atoms with Crippen molar-refractivity contribution in [2.24, 2.45) is 5.92 Å². The van der Waals surface area contributed by atoms with Crippen LogP contribution in [-0.4, -0.2) is 18.1 Å². The van der Waals surface area contributed by atoms with Crippen molar-refractivity contribution in [1.29, 1.82) is 0 Å². The number of carbonyl (C=O) groups is 1. The van der Waals surface area contributed by atoms with Crippen LogP contribution in [0, 0.1) is 5.92 Å². The number of halogens is 1. The summed E-state index contributed by atoms with van der Waals surface area (Å²) in [6.45, 7) is 6.96. The summed E-state index contributed by atoms with van der Waals surface area (Å²) in [5.74, 6) is 1.17. The minimum atomic E-state index is -0.504. The molecule has 0 amide bonds. The van der Waals surface area contributed by atoms with Gasteiger partial charge in [0, 0.05) is 22.8 Å². The molecule has 0 bridgehead atoms. The molecule has 0 aromatic heterocycles. The number of ether oxygens (including phenoxy) is 2. The van der Waals surface area contributed by atoms with Crippen LogP contribution in [0.15, 0.2) is 42.5 Å². The molecular formula is C25H32ClNO3. The van der Waals surface area contributed by atoms with Crippen LogP contribution < -0.4 is 10.1 Å². The molecule has 4 nitrogen and oxygen atoms in total. The minimum Gasteiger partial charge on any atom is -0.489 e. The van der Waals surface area contributed by atoms with Crippen LogP contribution in [0.3, 0.4) is 0 Å². The average molecular weight is 430 g/mol. The highest BCUT2D eigenvalue weighted by atomic mass is 35.5. The first-order valence-electron chi connectivity index (χ1n) is 10.7. The molecule has 1 aliphatic rings. The summed E-state index contributed by atoms with van der Waals surface area (Å²) in [5, 5.41) is 4.21. The third-order valence-electron chi connectivity index (χ3n) is 5.15. The second kappa shape index (κ2) is 10.2. The zero-order chi connectivity index (χ0) is 21.6. The molecule has 2 aromatic carbocycles. The van der Waals surface area contributed by atoms with Gasteiger partial charge in [-0.05, 0) is 69.4 Å². The van der Waals surface area contributed by atoms with E-state index in [1.807, 2.05) is 57.2 Å². The van der Waals surface area contributed by atoms with E-state index in [-0.39, 0.29) is 12.4 Å². The van der Waals surface area contributed by atoms with Crippen LogP contribution >= 0.6 is 11.6 Å². The molecule has 0 aliphatic heterocycles. The molecule has 0 heterocycles. The first-order valence-corrected chi connectivity index (χ1v) is 11.1. The minimum absolute atomic E-state index is 0.178. The van der Waals surface area contributed by atoms with Gasteiger partial charge in [0.05, 0.1) is 6.42 Å². The van der Waals surface area contributed by atoms with Gasteiger partial charge in [0.15, 0.2) is 0 Å². The van der Waals surface area contributed by atoms with Gasteiger partial charge in [0.25, 0.3) is 0 Å². The van der Waals surface area contributed by atoms with Crippen LogP contribution in [0.1, 0.15) is 57.6 Å². The number of hydrogen-bond donors (Lipinski definition) is 1. The molecule has 0 unspecified atom stereocenters. The van der Waals surface area contributed by atoms with E-state index in [9.17, 15) is 4.79 Å². The lowest BCUT2D eigenvalue weighted by Gasteiger charge is -2.20. The van der Waals surface area contributed by atoms with E-state index in [2.05, 4.69) is 11.4 Å². The number of esters is 1. The van der Waals surface area contributed by atoms with Crippen molar-refractivity contribution < 1.29 is 14.3 Å². The summed E-state index contributed by atoms with van der Waals surface area (Å²) in [6, 6.07) is 13.5. The number of benzene rings is 2. The van der Waals surface area contributed by atoms with Crippen LogP contribution in [0.25, 0.3) is 0 Å². The highest BCUT2D eigenvalue weighted by Gasteiger charge is 2.18. The largest absolute Gasteiger partial charge is 0.489 e. The summed E-state index contributed by atoms with van der Waals surface area (Å²) >= 11 is 6.33. The quantitative estimate of drug-likeness (QED) is 0.493. The standard InChI is InChI=1S/C25H32ClNO3/c1-25(2,3)30-24(28)14-20-10-6-7-11-23(20)29-17-19-12-21(26)15-22(13-19)27-16-18-8-4-5-9-18/h6-7,10-13,15,18,27H,4-5,8-9,14,16-17H2,1-3H3. The first kappa shape index (κ1) is 22.5. The van der Waals surface area contributed by atoms with Crippen molar-refractivity contribution in [1.82, 2.24) is 0 Å². The first-order chi connectivity index (χ1) is 14.3. The number of carbonyl (C=O) groups excluding carboxylic acids is 1. The van der Waals surface area contributed by atoms with Crippen molar-refractivity contribution in [3.05, 3.63) is 58.6 Å². The summed E-state index contributed by atoms with van der Waals surface area (Å²) < 4.78 is 11.5. The van der Waals surface area contributed by atoms with Crippen LogP contribution in [0.2, 0.25) is 5.02 Å². The van der Waals surface area contributed by atoms with E-state index in [1.165, 1.54) is 25.7 Å². The predicted octanol–water partition coefficient (Wildman–Crippen LogP) is 6.41. The molecule has 162 valence electrons. The predicted molar refractivity (Wildman–Crippen MR) is 122 cm³/mol. The maximum atomic E-state index is 12.2. The molecule has 1 N–H and O–H groups in total. The van der Waals surface area contributed by atoms with Gasteiger partial charge >= 0.3 is 5.97 Å². The van der Waals surface area contributed by atoms with Crippen molar-refractivity contribution in [2.45, 2.75) is 65.1 Å². The van der Waals surface area contributed by atoms with Gasteiger partial charge in [-0.25, -0.2) is 0 Å². The van der Waals surface area contributed by atoms with Crippen molar-refractivity contribution in [3.63, 3.8) is 0 Å². The number of para-hydroxylation sites is 1. The van der Waals surface area contributed by atoms with Crippen molar-refractivity contribution in [2.75, 3.05) is 11.9 Å². The molecule has 0 spiro atoms. The van der Waals surface area contributed by atoms with Gasteiger partial charge in [-0.2, -0.15) is 0 Å². The van der Waals surface area contributed by atoms with Gasteiger partial charge < -0.3 is 14.8 Å². The maximum Gasteiger partial charge on any atom is 0.310 e. The second-order valence-corrected chi connectivity index (χ2v) is 9.48. The SMILES string of the molecule is CC(C)(C)OC(=O)Cc1ccccc1OCc1cc(Cl)cc(NCC2CCCC2)c1. The fourth-order valence-corrected chi connectivity index (χ4v) is 4.06. The summed E-state index contributed by atoms with van der Waals surface area (Å²) in [7, 11) is 0. The molecular weight excluding hydrogens is 398 g/mol. The molecule has 3 rings (SSSR count). The number of nitrogens with one attached hydrogen (secondary N) is 1. The average Bonchev–Trinajstić information content (AvgIpc) is 3.17. The highest BCUT2D eigenvalue weighted by molar-refractivity contribution is 6.30. The molecule has 0 atom stereocenters. The van der Waals surface area contributed by atoms with E-state index in [0.29, 0.717) is 17.4 Å². The van der Waals surface area contributed by atoms with E-state index in [1.54, 1.807) is 0 Å². The number of hydrogen-bond acceptors (Lipinski definition) is 4. The van der Waals surface area contributed by atoms with Gasteiger partial charge in [-0.1, -0.05) is 42.6 Å². The van der Waals surface area contributed by atoms with E-state index in [0.717, 1.165) is 29.3 Å². The Morgan fingerprint density at radius 2 is 1.87 bits per heavy atom. The Morgan fingerprint density at radius 3 is 2.60 bits per heavy atom. The molecule has 1 aliphatic carbocycles. The van der Waals surface area contributed by atoms with Crippen LogP contribution in [0.5, 0.6) is 5.75 Å². The Kier molecular flexibility index (Phi) is 7.65. The Bertz CT molecular complexity index is 854. The van der Waals surface area contributed by atoms with Crippen molar-refractivity contribution >= 4 is 23.3 Å². The van der Waals surface area contributed by atoms with Gasteiger partial charge in [0.2, 0.25) is 0 Å². The molecule has 30 heavy (non-hydrogen) atoms. The lowest BCUT2D eigenvalue weighted by atomic mass is 10.1.